The number of nitrogens with zero attached hydrogens (tertiary/aromatic N) is 2. The van der Waals surface area contributed by atoms with Gasteiger partial charge in [-0.2, -0.15) is 13.2 Å². The first-order chi connectivity index (χ1) is 11.8. The minimum atomic E-state index is -4.48. The van der Waals surface area contributed by atoms with Gasteiger partial charge in [-0.25, -0.2) is 0 Å². The van der Waals surface area contributed by atoms with Crippen molar-refractivity contribution in [1.29, 1.82) is 0 Å². The number of amides is 1. The summed E-state index contributed by atoms with van der Waals surface area (Å²) >= 11 is 0. The van der Waals surface area contributed by atoms with Gasteiger partial charge < -0.3 is 14.9 Å². The molecule has 4 nitrogen and oxygen atoms in total. The van der Waals surface area contributed by atoms with Gasteiger partial charge in [-0.05, 0) is 51.0 Å². The van der Waals surface area contributed by atoms with Crippen LogP contribution in [0.5, 0.6) is 0 Å². The molecule has 0 aromatic heterocycles. The van der Waals surface area contributed by atoms with Crippen molar-refractivity contribution in [2.24, 2.45) is 5.92 Å². The minimum absolute atomic E-state index is 0.0767. The lowest BCUT2D eigenvalue weighted by atomic mass is 9.93. The van der Waals surface area contributed by atoms with Crippen LogP contribution in [0.1, 0.15) is 36.4 Å². The van der Waals surface area contributed by atoms with Crippen LogP contribution in [0.3, 0.4) is 0 Å². The maximum absolute atomic E-state index is 13.4. The van der Waals surface area contributed by atoms with Crippen molar-refractivity contribution in [2.45, 2.75) is 37.6 Å². The number of halogens is 3. The Morgan fingerprint density at radius 1 is 1.20 bits per heavy atom. The molecule has 0 bridgehead atoms. The van der Waals surface area contributed by atoms with Crippen molar-refractivity contribution in [3.05, 3.63) is 35.4 Å². The Hall–Kier alpha value is -1.60. The SMILES string of the molecule is CN1CCC(C(=O)N2C[C@@H](O)C[C@@H]2c2ccccc2C(F)(F)F)CC1. The van der Waals surface area contributed by atoms with E-state index in [1.54, 1.807) is 6.07 Å². The molecule has 0 aliphatic carbocycles. The van der Waals surface area contributed by atoms with Gasteiger partial charge in [0.15, 0.2) is 0 Å². The molecule has 25 heavy (non-hydrogen) atoms. The van der Waals surface area contributed by atoms with Crippen molar-refractivity contribution in [3.8, 4) is 0 Å². The van der Waals surface area contributed by atoms with Crippen LogP contribution >= 0.6 is 0 Å². The van der Waals surface area contributed by atoms with Crippen molar-refractivity contribution >= 4 is 5.91 Å². The predicted molar refractivity (Wildman–Crippen MR) is 86.7 cm³/mol. The number of hydrogen-bond acceptors (Lipinski definition) is 3. The van der Waals surface area contributed by atoms with Gasteiger partial charge in [0.05, 0.1) is 17.7 Å². The summed E-state index contributed by atoms with van der Waals surface area (Å²) in [6.45, 7) is 1.70. The highest BCUT2D eigenvalue weighted by Gasteiger charge is 2.42. The van der Waals surface area contributed by atoms with Gasteiger partial charge in [0.1, 0.15) is 0 Å². The second-order valence-electron chi connectivity index (χ2n) is 7.06. The summed E-state index contributed by atoms with van der Waals surface area (Å²) in [5, 5.41) is 10.0. The Kier molecular flexibility index (Phi) is 5.06. The van der Waals surface area contributed by atoms with E-state index < -0.39 is 23.9 Å². The Labute approximate surface area is 145 Å². The molecule has 2 aliphatic heterocycles. The summed E-state index contributed by atoms with van der Waals surface area (Å²) < 4.78 is 40.1. The van der Waals surface area contributed by atoms with E-state index in [1.165, 1.54) is 17.0 Å². The molecule has 1 amide bonds. The third-order valence-electron chi connectivity index (χ3n) is 5.26. The zero-order valence-electron chi connectivity index (χ0n) is 14.2. The lowest BCUT2D eigenvalue weighted by Gasteiger charge is -2.34. The number of likely N-dealkylation sites (tertiary alicyclic amines) is 2. The molecule has 1 N–H and O–H groups in total. The number of rotatable bonds is 2. The molecule has 0 spiro atoms. The van der Waals surface area contributed by atoms with Gasteiger partial charge in [0.2, 0.25) is 5.91 Å². The molecule has 2 fully saturated rings. The van der Waals surface area contributed by atoms with Crippen LogP contribution in [0.2, 0.25) is 0 Å². The largest absolute Gasteiger partial charge is 0.416 e. The van der Waals surface area contributed by atoms with Crippen molar-refractivity contribution in [1.82, 2.24) is 9.80 Å². The summed E-state index contributed by atoms with van der Waals surface area (Å²) in [5.74, 6) is -0.311. The fourth-order valence-electron chi connectivity index (χ4n) is 3.89. The number of carbonyl (C=O) groups excluding carboxylic acids is 1. The summed E-state index contributed by atoms with van der Waals surface area (Å²) in [4.78, 5) is 16.5. The smallest absolute Gasteiger partial charge is 0.391 e. The van der Waals surface area contributed by atoms with E-state index in [9.17, 15) is 23.1 Å². The average Bonchev–Trinajstić information content (AvgIpc) is 2.96. The number of carbonyl (C=O) groups is 1. The molecule has 7 heteroatoms. The maximum atomic E-state index is 13.4. The zero-order valence-corrected chi connectivity index (χ0v) is 14.2. The molecule has 2 atom stereocenters. The third kappa shape index (κ3) is 3.82. The monoisotopic (exact) mass is 356 g/mol. The number of benzene rings is 1. The standard InChI is InChI=1S/C18H23F3N2O2/c1-22-8-6-12(7-9-22)17(25)23-11-13(24)10-16(23)14-4-2-3-5-15(14)18(19,20)21/h2-5,12-13,16,24H,6-11H2,1H3/t13-,16+/m0/s1. The summed E-state index contributed by atoms with van der Waals surface area (Å²) in [5.41, 5.74) is -0.650. The van der Waals surface area contributed by atoms with Gasteiger partial charge in [-0.1, -0.05) is 18.2 Å². The van der Waals surface area contributed by atoms with Crippen LogP contribution < -0.4 is 0 Å². The molecule has 2 saturated heterocycles. The van der Waals surface area contributed by atoms with E-state index in [1.807, 2.05) is 7.05 Å². The zero-order chi connectivity index (χ0) is 18.2. The summed E-state index contributed by atoms with van der Waals surface area (Å²) in [6.07, 6.45) is -3.72. The number of hydrogen-bond donors (Lipinski definition) is 1. The predicted octanol–water partition coefficient (Wildman–Crippen LogP) is 2.68. The normalized spacial score (nSPS) is 26.2. The van der Waals surface area contributed by atoms with Gasteiger partial charge in [-0.3, -0.25) is 4.79 Å². The number of aliphatic hydroxyl groups excluding tert-OH is 1. The summed E-state index contributed by atoms with van der Waals surface area (Å²) in [6, 6.07) is 4.63. The minimum Gasteiger partial charge on any atom is -0.391 e. The number of piperidine rings is 1. The van der Waals surface area contributed by atoms with Gasteiger partial charge in [0.25, 0.3) is 0 Å². The highest BCUT2D eigenvalue weighted by atomic mass is 19.4. The van der Waals surface area contributed by atoms with E-state index in [0.29, 0.717) is 12.8 Å². The van der Waals surface area contributed by atoms with Crippen molar-refractivity contribution in [2.75, 3.05) is 26.7 Å². The van der Waals surface area contributed by atoms with E-state index in [4.69, 9.17) is 0 Å². The quantitative estimate of drug-likeness (QED) is 0.886. The van der Waals surface area contributed by atoms with E-state index >= 15 is 0 Å². The lowest BCUT2D eigenvalue weighted by Crippen LogP contribution is -2.42. The Balaban J connectivity index is 1.87. The van der Waals surface area contributed by atoms with Crippen LogP contribution in [0, 0.1) is 5.92 Å². The highest BCUT2D eigenvalue weighted by Crippen LogP contribution is 2.41. The number of aliphatic hydroxyl groups is 1. The molecule has 1 aromatic rings. The van der Waals surface area contributed by atoms with E-state index in [2.05, 4.69) is 4.90 Å². The fraction of sp³-hybridized carbons (Fsp3) is 0.611. The second kappa shape index (κ2) is 6.96. The molecular formula is C18H23F3N2O2. The molecule has 0 radical (unpaired) electrons. The van der Waals surface area contributed by atoms with Crippen LogP contribution in [0.4, 0.5) is 13.2 Å². The van der Waals surface area contributed by atoms with Gasteiger partial charge in [-0.15, -0.1) is 0 Å². The fourth-order valence-corrected chi connectivity index (χ4v) is 3.89. The first-order valence-corrected chi connectivity index (χ1v) is 8.60. The molecule has 3 rings (SSSR count). The number of alkyl halides is 3. The molecule has 138 valence electrons. The topological polar surface area (TPSA) is 43.8 Å². The molecular weight excluding hydrogens is 333 g/mol. The van der Waals surface area contributed by atoms with Crippen LogP contribution in [0.25, 0.3) is 0 Å². The Morgan fingerprint density at radius 3 is 2.48 bits per heavy atom. The van der Waals surface area contributed by atoms with Crippen molar-refractivity contribution < 1.29 is 23.1 Å². The molecule has 0 saturated carbocycles. The third-order valence-corrected chi connectivity index (χ3v) is 5.26. The molecule has 2 heterocycles. The Bertz CT molecular complexity index is 627. The first kappa shape index (κ1) is 18.2. The van der Waals surface area contributed by atoms with Gasteiger partial charge in [0, 0.05) is 12.5 Å². The number of β-amino-alcohol motifs (C(OH)–C–C–N with tert-alkyl or cyclic N) is 1. The first-order valence-electron chi connectivity index (χ1n) is 8.60. The molecule has 0 unspecified atom stereocenters. The van der Waals surface area contributed by atoms with E-state index in [-0.39, 0.29) is 30.4 Å². The maximum Gasteiger partial charge on any atom is 0.416 e. The summed E-state index contributed by atoms with van der Waals surface area (Å²) in [7, 11) is 1.99. The van der Waals surface area contributed by atoms with Gasteiger partial charge >= 0.3 is 6.18 Å². The molecule has 2 aliphatic rings. The lowest BCUT2D eigenvalue weighted by molar-refractivity contribution is -0.142. The van der Waals surface area contributed by atoms with Crippen LogP contribution in [-0.4, -0.2) is 53.6 Å². The molecule has 1 aromatic carbocycles. The van der Waals surface area contributed by atoms with Crippen LogP contribution in [-0.2, 0) is 11.0 Å². The Morgan fingerprint density at radius 2 is 1.84 bits per heavy atom. The van der Waals surface area contributed by atoms with E-state index in [0.717, 1.165) is 19.2 Å². The average molecular weight is 356 g/mol. The second-order valence-corrected chi connectivity index (χ2v) is 7.06. The van der Waals surface area contributed by atoms with Crippen molar-refractivity contribution in [3.63, 3.8) is 0 Å². The van der Waals surface area contributed by atoms with Crippen LogP contribution in [0.15, 0.2) is 24.3 Å². The highest BCUT2D eigenvalue weighted by molar-refractivity contribution is 5.80.